The zero-order chi connectivity index (χ0) is 18.0. The maximum atomic E-state index is 6.29. The fourth-order valence-electron chi connectivity index (χ4n) is 4.35. The first kappa shape index (κ1) is 15.8. The smallest absolute Gasteiger partial charge is 0.146 e. The van der Waals surface area contributed by atoms with Gasteiger partial charge in [0, 0.05) is 30.3 Å². The van der Waals surface area contributed by atoms with Crippen molar-refractivity contribution < 1.29 is 9.26 Å². The van der Waals surface area contributed by atoms with Crippen molar-refractivity contribution in [2.45, 2.75) is 57.6 Å². The van der Waals surface area contributed by atoms with E-state index in [1.807, 2.05) is 0 Å². The van der Waals surface area contributed by atoms with E-state index < -0.39 is 0 Å². The number of nitrogens with zero attached hydrogens (tertiary/aromatic N) is 4. The van der Waals surface area contributed by atoms with Crippen LogP contribution in [0.3, 0.4) is 0 Å². The molecule has 0 aliphatic heterocycles. The van der Waals surface area contributed by atoms with Crippen molar-refractivity contribution in [3.63, 3.8) is 0 Å². The van der Waals surface area contributed by atoms with Gasteiger partial charge in [-0.3, -0.25) is 0 Å². The Hall–Kier alpha value is -2.41. The van der Waals surface area contributed by atoms with Crippen molar-refractivity contribution in [1.82, 2.24) is 19.7 Å². The van der Waals surface area contributed by atoms with Gasteiger partial charge in [-0.2, -0.15) is 0 Å². The van der Waals surface area contributed by atoms with Crippen LogP contribution in [0.2, 0.25) is 0 Å². The molecule has 1 saturated carbocycles. The molecule has 26 heavy (non-hydrogen) atoms. The van der Waals surface area contributed by atoms with Gasteiger partial charge >= 0.3 is 0 Å². The zero-order valence-electron chi connectivity index (χ0n) is 15.3. The molecule has 7 heteroatoms. The highest BCUT2D eigenvalue weighted by molar-refractivity contribution is 6.02. The van der Waals surface area contributed by atoms with E-state index in [4.69, 9.17) is 15.0 Å². The molecule has 3 aromatic heterocycles. The number of fused-ring (bicyclic) bond motifs is 5. The van der Waals surface area contributed by atoms with Crippen LogP contribution in [0, 0.1) is 0 Å². The average molecular weight is 353 g/mol. The van der Waals surface area contributed by atoms with Gasteiger partial charge in [-0.1, -0.05) is 5.16 Å². The SMILES string of the molecule is CO[C@H]1CCc2c(c3c(N)ncnc3n2C(C)C)-c2noc(C3CC3)c21. The first-order valence-electron chi connectivity index (χ1n) is 9.27. The quantitative estimate of drug-likeness (QED) is 0.771. The fourth-order valence-corrected chi connectivity index (χ4v) is 4.35. The highest BCUT2D eigenvalue weighted by atomic mass is 16.5. The van der Waals surface area contributed by atoms with Crippen molar-refractivity contribution in [1.29, 1.82) is 0 Å². The predicted molar refractivity (Wildman–Crippen MR) is 97.9 cm³/mol. The third-order valence-electron chi connectivity index (χ3n) is 5.62. The normalized spacial score (nSPS) is 19.6. The van der Waals surface area contributed by atoms with Crippen LogP contribution < -0.4 is 5.73 Å². The number of nitrogens with two attached hydrogens (primary N) is 1. The lowest BCUT2D eigenvalue weighted by Crippen LogP contribution is -2.08. The summed E-state index contributed by atoms with van der Waals surface area (Å²) in [6.07, 6.45) is 5.60. The molecule has 5 rings (SSSR count). The van der Waals surface area contributed by atoms with E-state index in [-0.39, 0.29) is 12.1 Å². The molecule has 0 aromatic carbocycles. The number of ether oxygens (including phenoxy) is 1. The molecule has 7 nitrogen and oxygen atoms in total. The Balaban J connectivity index is 1.88. The summed E-state index contributed by atoms with van der Waals surface area (Å²) in [5.41, 5.74) is 11.3. The van der Waals surface area contributed by atoms with Crippen molar-refractivity contribution >= 4 is 16.9 Å². The lowest BCUT2D eigenvalue weighted by molar-refractivity contribution is 0.0948. The maximum absolute atomic E-state index is 6.29. The van der Waals surface area contributed by atoms with Gasteiger partial charge in [-0.05, 0) is 39.5 Å². The Morgan fingerprint density at radius 3 is 2.77 bits per heavy atom. The molecule has 2 aliphatic rings. The van der Waals surface area contributed by atoms with Crippen LogP contribution in [0.15, 0.2) is 10.9 Å². The second kappa shape index (κ2) is 5.54. The van der Waals surface area contributed by atoms with E-state index in [0.717, 1.165) is 59.3 Å². The van der Waals surface area contributed by atoms with Gasteiger partial charge < -0.3 is 19.6 Å². The van der Waals surface area contributed by atoms with Gasteiger partial charge in [-0.15, -0.1) is 0 Å². The lowest BCUT2D eigenvalue weighted by Gasteiger charge is -2.16. The van der Waals surface area contributed by atoms with E-state index in [0.29, 0.717) is 11.7 Å². The van der Waals surface area contributed by atoms with Crippen molar-refractivity contribution in [3.05, 3.63) is 23.3 Å². The van der Waals surface area contributed by atoms with E-state index >= 15 is 0 Å². The van der Waals surface area contributed by atoms with Crippen LogP contribution in [0.1, 0.15) is 68.2 Å². The number of aromatic nitrogens is 4. The summed E-state index contributed by atoms with van der Waals surface area (Å²) in [5, 5.41) is 5.38. The number of hydrogen-bond acceptors (Lipinski definition) is 6. The van der Waals surface area contributed by atoms with Crippen molar-refractivity contribution in [2.24, 2.45) is 0 Å². The average Bonchev–Trinajstić information content (AvgIpc) is 3.31. The minimum absolute atomic E-state index is 0.0132. The molecule has 2 aliphatic carbocycles. The van der Waals surface area contributed by atoms with Gasteiger partial charge in [0.05, 0.1) is 17.1 Å². The fraction of sp³-hybridized carbons (Fsp3) is 0.526. The summed E-state index contributed by atoms with van der Waals surface area (Å²) in [7, 11) is 1.76. The second-order valence-corrected chi connectivity index (χ2v) is 7.59. The van der Waals surface area contributed by atoms with Gasteiger partial charge in [0.15, 0.2) is 0 Å². The Kier molecular flexibility index (Phi) is 3.37. The van der Waals surface area contributed by atoms with E-state index in [1.54, 1.807) is 7.11 Å². The highest BCUT2D eigenvalue weighted by Crippen LogP contribution is 2.51. The predicted octanol–water partition coefficient (Wildman–Crippen LogP) is 3.76. The Morgan fingerprint density at radius 1 is 1.27 bits per heavy atom. The molecule has 3 aromatic rings. The first-order chi connectivity index (χ1) is 12.6. The standard InChI is InChI=1S/C19H23N5O2/c1-9(2)24-11-6-7-12(25-3)14-16(23-26-17(14)10-4-5-10)13(11)15-18(20)21-8-22-19(15)24/h8-10,12H,4-7H2,1-3H3,(H2,20,21,22)/t12-/m0/s1. The number of rotatable bonds is 3. The Labute approximate surface area is 151 Å². The molecule has 1 atom stereocenters. The van der Waals surface area contributed by atoms with Gasteiger partial charge in [0.2, 0.25) is 0 Å². The van der Waals surface area contributed by atoms with Gasteiger partial charge in [0.25, 0.3) is 0 Å². The lowest BCUT2D eigenvalue weighted by atomic mass is 10.0. The van der Waals surface area contributed by atoms with E-state index in [2.05, 4.69) is 33.5 Å². The summed E-state index contributed by atoms with van der Waals surface area (Å²) < 4.78 is 13.9. The zero-order valence-corrected chi connectivity index (χ0v) is 15.3. The molecule has 3 heterocycles. The van der Waals surface area contributed by atoms with Crippen LogP contribution in [-0.4, -0.2) is 26.8 Å². The molecule has 0 radical (unpaired) electrons. The minimum atomic E-state index is -0.0132. The second-order valence-electron chi connectivity index (χ2n) is 7.59. The molecule has 0 spiro atoms. The molecule has 136 valence electrons. The van der Waals surface area contributed by atoms with E-state index in [1.165, 1.54) is 12.0 Å². The number of hydrogen-bond donors (Lipinski definition) is 1. The Bertz CT molecular complexity index is 999. The number of anilines is 1. The van der Waals surface area contributed by atoms with Crippen LogP contribution in [0.4, 0.5) is 5.82 Å². The molecule has 0 saturated heterocycles. The molecule has 0 unspecified atom stereocenters. The summed E-state index contributed by atoms with van der Waals surface area (Å²) in [5.74, 6) is 1.95. The van der Waals surface area contributed by atoms with Gasteiger partial charge in [-0.25, -0.2) is 9.97 Å². The molecule has 1 fully saturated rings. The van der Waals surface area contributed by atoms with Crippen molar-refractivity contribution in [3.8, 4) is 11.3 Å². The monoisotopic (exact) mass is 353 g/mol. The Morgan fingerprint density at radius 2 is 2.08 bits per heavy atom. The maximum Gasteiger partial charge on any atom is 0.146 e. The highest BCUT2D eigenvalue weighted by Gasteiger charge is 2.39. The van der Waals surface area contributed by atoms with Crippen LogP contribution in [-0.2, 0) is 11.2 Å². The van der Waals surface area contributed by atoms with Crippen LogP contribution >= 0.6 is 0 Å². The molecular formula is C19H23N5O2. The number of methoxy groups -OCH3 is 1. The number of nitrogen functional groups attached to an aromatic ring is 1. The summed E-state index contributed by atoms with van der Waals surface area (Å²) in [6.45, 7) is 4.33. The largest absolute Gasteiger partial charge is 0.383 e. The molecule has 0 amide bonds. The third kappa shape index (κ3) is 2.06. The van der Waals surface area contributed by atoms with Crippen LogP contribution in [0.5, 0.6) is 0 Å². The van der Waals surface area contributed by atoms with Gasteiger partial charge in [0.1, 0.15) is 29.2 Å². The summed E-state index contributed by atoms with van der Waals surface area (Å²) in [6, 6.07) is 0.257. The minimum Gasteiger partial charge on any atom is -0.383 e. The van der Waals surface area contributed by atoms with Crippen LogP contribution in [0.25, 0.3) is 22.3 Å². The van der Waals surface area contributed by atoms with E-state index in [9.17, 15) is 0 Å². The molecule has 2 N–H and O–H groups in total. The topological polar surface area (TPSA) is 92.0 Å². The van der Waals surface area contributed by atoms with Crippen molar-refractivity contribution in [2.75, 3.05) is 12.8 Å². The third-order valence-corrected chi connectivity index (χ3v) is 5.62. The molecular weight excluding hydrogens is 330 g/mol. The molecule has 0 bridgehead atoms. The first-order valence-corrected chi connectivity index (χ1v) is 9.27. The summed E-state index contributed by atoms with van der Waals surface area (Å²) >= 11 is 0. The summed E-state index contributed by atoms with van der Waals surface area (Å²) in [4.78, 5) is 8.80.